The predicted octanol–water partition coefficient (Wildman–Crippen LogP) is 10.3. The van der Waals surface area contributed by atoms with Gasteiger partial charge in [-0.25, -0.2) is 0 Å². The molecule has 17 unspecified atom stereocenters. The number of aliphatic hydroxyl groups is 11. The summed E-state index contributed by atoms with van der Waals surface area (Å²) in [6, 6.07) is -0.969. The van der Waals surface area contributed by atoms with E-state index in [-0.39, 0.29) is 18.9 Å². The summed E-state index contributed by atoms with van der Waals surface area (Å²) >= 11 is 0. The summed E-state index contributed by atoms with van der Waals surface area (Å²) in [5, 5.41) is 120. The van der Waals surface area contributed by atoms with Gasteiger partial charge < -0.3 is 89.9 Å². The van der Waals surface area contributed by atoms with Crippen molar-refractivity contribution >= 4 is 5.91 Å². The third-order valence-electron chi connectivity index (χ3n) is 18.1. The molecule has 92 heavy (non-hydrogen) atoms. The maximum Gasteiger partial charge on any atom is 0.220 e. The first-order chi connectivity index (χ1) is 44.8. The lowest BCUT2D eigenvalue weighted by Gasteiger charge is -2.48. The van der Waals surface area contributed by atoms with Crippen LogP contribution < -0.4 is 5.32 Å². The summed E-state index contributed by atoms with van der Waals surface area (Å²) in [6.45, 7) is 1.57. The van der Waals surface area contributed by atoms with Gasteiger partial charge in [-0.3, -0.25) is 4.79 Å². The summed E-state index contributed by atoms with van der Waals surface area (Å²) in [7, 11) is 0. The number of carbonyl (C=O) groups excluding carboxylic acids is 1. The van der Waals surface area contributed by atoms with Crippen LogP contribution in [0.2, 0.25) is 0 Å². The van der Waals surface area contributed by atoms with Gasteiger partial charge in [0.25, 0.3) is 0 Å². The highest BCUT2D eigenvalue weighted by Gasteiger charge is 2.53. The second-order valence-corrected chi connectivity index (χ2v) is 26.0. The zero-order chi connectivity index (χ0) is 66.8. The Hall–Kier alpha value is -2.51. The summed E-state index contributed by atoms with van der Waals surface area (Å²) in [5.74, 6) is -0.276. The summed E-state index contributed by atoms with van der Waals surface area (Å²) in [5.41, 5.74) is 0. The van der Waals surface area contributed by atoms with Crippen LogP contribution in [-0.4, -0.2) is 193 Å². The Bertz CT molecular complexity index is 1900. The lowest BCUT2D eigenvalue weighted by Crippen LogP contribution is -2.66. The van der Waals surface area contributed by atoms with E-state index in [4.69, 9.17) is 28.4 Å². The molecule has 3 rings (SSSR count). The number of allylic oxidation sites excluding steroid dienone is 9. The van der Waals surface area contributed by atoms with E-state index in [2.05, 4.69) is 67.8 Å². The zero-order valence-electron chi connectivity index (χ0n) is 56.8. The van der Waals surface area contributed by atoms with Crippen LogP contribution >= 0.6 is 0 Å². The van der Waals surface area contributed by atoms with Crippen molar-refractivity contribution in [3.8, 4) is 0 Å². The van der Waals surface area contributed by atoms with E-state index in [0.29, 0.717) is 6.42 Å². The molecular formula is C73H131NO18. The molecular weight excluding hydrogens is 1180 g/mol. The number of aliphatic hydroxyl groups excluding tert-OH is 11. The van der Waals surface area contributed by atoms with Gasteiger partial charge in [-0.2, -0.15) is 0 Å². The molecule has 3 fully saturated rings. The number of rotatable bonds is 56. The van der Waals surface area contributed by atoms with Crippen molar-refractivity contribution in [2.24, 2.45) is 0 Å². The minimum atomic E-state index is -1.98. The Balaban J connectivity index is 1.25. The lowest BCUT2D eigenvalue weighted by atomic mass is 9.96. The summed E-state index contributed by atoms with van der Waals surface area (Å²) < 4.78 is 34.2. The molecule has 0 aromatic carbocycles. The number of amides is 1. The van der Waals surface area contributed by atoms with Gasteiger partial charge in [0, 0.05) is 6.42 Å². The van der Waals surface area contributed by atoms with E-state index >= 15 is 0 Å². The Kier molecular flexibility index (Phi) is 49.6. The first-order valence-corrected chi connectivity index (χ1v) is 36.5. The lowest BCUT2D eigenvalue weighted by molar-refractivity contribution is -0.379. The third-order valence-corrected chi connectivity index (χ3v) is 18.1. The van der Waals surface area contributed by atoms with Gasteiger partial charge in [0.1, 0.15) is 73.2 Å². The highest BCUT2D eigenvalue weighted by Crippen LogP contribution is 2.33. The topological polar surface area (TPSA) is 307 Å². The molecule has 1 amide bonds. The smallest absolute Gasteiger partial charge is 0.220 e. The van der Waals surface area contributed by atoms with Gasteiger partial charge in [-0.1, -0.05) is 261 Å². The van der Waals surface area contributed by atoms with Crippen molar-refractivity contribution in [3.05, 3.63) is 60.8 Å². The van der Waals surface area contributed by atoms with Crippen LogP contribution in [0.1, 0.15) is 264 Å². The minimum absolute atomic E-state index is 0.245. The average molecular weight is 1310 g/mol. The van der Waals surface area contributed by atoms with Crippen LogP contribution in [-0.2, 0) is 33.2 Å². The molecule has 3 saturated heterocycles. The molecule has 3 aliphatic heterocycles. The van der Waals surface area contributed by atoms with E-state index in [0.717, 1.165) is 77.0 Å². The van der Waals surface area contributed by atoms with Gasteiger partial charge >= 0.3 is 0 Å². The number of unbranched alkanes of at least 4 members (excludes halogenated alkanes) is 32. The van der Waals surface area contributed by atoms with E-state index < -0.39 is 124 Å². The van der Waals surface area contributed by atoms with Crippen LogP contribution in [0.3, 0.4) is 0 Å². The van der Waals surface area contributed by atoms with Crippen molar-refractivity contribution in [1.82, 2.24) is 5.32 Å². The van der Waals surface area contributed by atoms with E-state index in [9.17, 15) is 61.0 Å². The first kappa shape index (κ1) is 83.7. The second-order valence-electron chi connectivity index (χ2n) is 26.0. The average Bonchev–Trinajstić information content (AvgIpc) is 0.830. The molecule has 0 spiro atoms. The molecule has 3 heterocycles. The Labute approximate surface area is 554 Å². The maximum absolute atomic E-state index is 13.3. The number of nitrogens with one attached hydrogen (secondary N) is 1. The fraction of sp³-hybridized carbons (Fsp3) is 0.849. The van der Waals surface area contributed by atoms with Crippen LogP contribution in [0.15, 0.2) is 60.8 Å². The quantitative estimate of drug-likeness (QED) is 0.0199. The molecule has 17 atom stereocenters. The monoisotopic (exact) mass is 1310 g/mol. The molecule has 0 aromatic rings. The number of carbonyl (C=O) groups is 1. The fourth-order valence-electron chi connectivity index (χ4n) is 12.2. The molecule has 536 valence electrons. The summed E-state index contributed by atoms with van der Waals surface area (Å²) in [4.78, 5) is 13.3. The minimum Gasteiger partial charge on any atom is -0.394 e. The van der Waals surface area contributed by atoms with Gasteiger partial charge in [-0.05, 0) is 57.8 Å². The number of hydrogen-bond acceptors (Lipinski definition) is 18. The van der Waals surface area contributed by atoms with Gasteiger partial charge in [-0.15, -0.1) is 0 Å². The molecule has 19 heteroatoms. The Morgan fingerprint density at radius 1 is 0.402 bits per heavy atom. The van der Waals surface area contributed by atoms with E-state index in [1.54, 1.807) is 6.08 Å². The highest BCUT2D eigenvalue weighted by molar-refractivity contribution is 5.76. The fourth-order valence-corrected chi connectivity index (χ4v) is 12.2. The zero-order valence-corrected chi connectivity index (χ0v) is 56.8. The number of ether oxygens (including phenoxy) is 6. The molecule has 0 radical (unpaired) electrons. The van der Waals surface area contributed by atoms with Gasteiger partial charge in [0.15, 0.2) is 18.9 Å². The standard InChI is InChI=1S/C73H131NO18/c1-3-5-7-9-11-13-14-15-16-17-18-19-20-21-22-23-24-25-26-27-28-29-30-31-32-33-34-35-36-37-38-39-40-41-42-43-45-47-49-51-61(79)74-56(57(78)50-48-46-44-12-10-8-6-4-2)55-87-71-67(85)64(82)69(59(53-76)89-71)92-73-68(86)65(83)70(60(54-77)90-73)91-72-66(84)63(81)62(80)58(52-75)88-72/h5,7,11,13,15-16,18-19,48,50,56-60,62-73,75-78,80-86H,3-4,6,8-10,12,14,17,20-47,49,51-55H2,1-2H3,(H,74,79)/b7-5-,13-11-,16-15-,19-18-,50-48+. The van der Waals surface area contributed by atoms with Crippen molar-refractivity contribution in [2.75, 3.05) is 26.4 Å². The predicted molar refractivity (Wildman–Crippen MR) is 360 cm³/mol. The van der Waals surface area contributed by atoms with E-state index in [1.165, 1.54) is 161 Å². The van der Waals surface area contributed by atoms with Crippen LogP contribution in [0.25, 0.3) is 0 Å². The van der Waals surface area contributed by atoms with E-state index in [1.807, 2.05) is 6.08 Å². The van der Waals surface area contributed by atoms with Gasteiger partial charge in [0.05, 0.1) is 38.6 Å². The van der Waals surface area contributed by atoms with Gasteiger partial charge in [0.2, 0.25) is 5.91 Å². The van der Waals surface area contributed by atoms with Crippen LogP contribution in [0, 0.1) is 0 Å². The third kappa shape index (κ3) is 35.7. The molecule has 0 saturated carbocycles. The SMILES string of the molecule is CC/C=C\C/C=C\C/C=C\C/C=C\CCCCCCCCCCCCCCCCCCCCCCCCCCCCC(=O)NC(COC1OC(CO)C(OC2OC(CO)C(OC3OC(CO)C(O)C(O)C3O)C(O)C2O)C(O)C1O)C(O)/C=C/CCCCCCCC. The van der Waals surface area contributed by atoms with Crippen molar-refractivity contribution < 1.29 is 89.4 Å². The first-order valence-electron chi connectivity index (χ1n) is 36.5. The van der Waals surface area contributed by atoms with Crippen molar-refractivity contribution in [2.45, 2.75) is 369 Å². The van der Waals surface area contributed by atoms with Crippen LogP contribution in [0.5, 0.6) is 0 Å². The largest absolute Gasteiger partial charge is 0.394 e. The normalized spacial score (nSPS) is 28.0. The van der Waals surface area contributed by atoms with Crippen LogP contribution in [0.4, 0.5) is 0 Å². The summed E-state index contributed by atoms with van der Waals surface area (Å²) in [6.07, 6.45) is 41.4. The Morgan fingerprint density at radius 2 is 0.750 bits per heavy atom. The molecule has 0 aromatic heterocycles. The molecule has 0 bridgehead atoms. The van der Waals surface area contributed by atoms with Crippen molar-refractivity contribution in [3.63, 3.8) is 0 Å². The second kappa shape index (κ2) is 54.5. The maximum atomic E-state index is 13.3. The van der Waals surface area contributed by atoms with Crippen molar-refractivity contribution in [1.29, 1.82) is 0 Å². The molecule has 3 aliphatic rings. The molecule has 12 N–H and O–H groups in total. The molecule has 0 aliphatic carbocycles. The highest BCUT2D eigenvalue weighted by atomic mass is 16.8. The molecule has 19 nitrogen and oxygen atoms in total. The Morgan fingerprint density at radius 3 is 1.17 bits per heavy atom. The number of hydrogen-bond donors (Lipinski definition) is 12.